The highest BCUT2D eigenvalue weighted by Gasteiger charge is 2.28. The molecule has 1 fully saturated rings. The van der Waals surface area contributed by atoms with Gasteiger partial charge in [0.1, 0.15) is 16.3 Å². The van der Waals surface area contributed by atoms with Gasteiger partial charge in [0.05, 0.1) is 12.8 Å². The molecule has 1 amide bonds. The third-order valence-corrected chi connectivity index (χ3v) is 6.08. The van der Waals surface area contributed by atoms with Gasteiger partial charge in [-0.25, -0.2) is 8.42 Å². The van der Waals surface area contributed by atoms with Crippen molar-refractivity contribution in [2.45, 2.75) is 24.7 Å². The molecule has 7 nitrogen and oxygen atoms in total. The predicted molar refractivity (Wildman–Crippen MR) is 94.5 cm³/mol. The Morgan fingerprint density at radius 3 is 2.64 bits per heavy atom. The second-order valence-corrected chi connectivity index (χ2v) is 7.96. The normalized spacial score (nSPS) is 15.3. The van der Waals surface area contributed by atoms with E-state index in [0.29, 0.717) is 24.5 Å². The van der Waals surface area contributed by atoms with Gasteiger partial charge in [0.15, 0.2) is 0 Å². The van der Waals surface area contributed by atoms with E-state index in [1.54, 1.807) is 12.1 Å². The lowest BCUT2D eigenvalue weighted by Gasteiger charge is -2.13. The summed E-state index contributed by atoms with van der Waals surface area (Å²) in [5, 5.41) is 2.75. The SMILES string of the molecule is COc1ccc(C)cc1NC(=O)c1cc(S(=O)(=O)N2CCCC2)c[nH]1. The third-order valence-electron chi connectivity index (χ3n) is 4.21. The molecule has 0 saturated carbocycles. The Kier molecular flexibility index (Phi) is 4.82. The Morgan fingerprint density at radius 1 is 1.24 bits per heavy atom. The van der Waals surface area contributed by atoms with Gasteiger partial charge in [0.2, 0.25) is 10.0 Å². The first-order valence-corrected chi connectivity index (χ1v) is 9.50. The van der Waals surface area contributed by atoms with E-state index in [1.165, 1.54) is 23.7 Å². The molecule has 0 spiro atoms. The Labute approximate surface area is 147 Å². The number of ether oxygens (including phenoxy) is 1. The van der Waals surface area contributed by atoms with Crippen LogP contribution in [0.4, 0.5) is 5.69 Å². The number of hydrogen-bond acceptors (Lipinski definition) is 4. The van der Waals surface area contributed by atoms with Crippen molar-refractivity contribution in [3.8, 4) is 5.75 Å². The molecule has 1 aliphatic heterocycles. The molecular formula is C17H21N3O4S. The number of aromatic nitrogens is 1. The lowest BCUT2D eigenvalue weighted by Crippen LogP contribution is -2.27. The number of carbonyl (C=O) groups excluding carboxylic acids is 1. The Hall–Kier alpha value is -2.32. The Balaban J connectivity index is 1.80. The van der Waals surface area contributed by atoms with E-state index in [-0.39, 0.29) is 10.6 Å². The second kappa shape index (κ2) is 6.89. The lowest BCUT2D eigenvalue weighted by atomic mass is 10.2. The molecule has 1 saturated heterocycles. The van der Waals surface area contributed by atoms with Crippen LogP contribution in [0.2, 0.25) is 0 Å². The molecule has 0 unspecified atom stereocenters. The highest BCUT2D eigenvalue weighted by molar-refractivity contribution is 7.89. The summed E-state index contributed by atoms with van der Waals surface area (Å²) in [5.41, 5.74) is 1.69. The number of sulfonamides is 1. The zero-order valence-corrected chi connectivity index (χ0v) is 15.0. The molecule has 3 rings (SSSR count). The molecule has 1 aliphatic rings. The van der Waals surface area contributed by atoms with Gasteiger partial charge in [-0.3, -0.25) is 4.79 Å². The molecular weight excluding hydrogens is 342 g/mol. The van der Waals surface area contributed by atoms with Crippen LogP contribution < -0.4 is 10.1 Å². The van der Waals surface area contributed by atoms with E-state index in [1.807, 2.05) is 13.0 Å². The average molecular weight is 363 g/mol. The average Bonchev–Trinajstić information content (AvgIpc) is 3.27. The highest BCUT2D eigenvalue weighted by atomic mass is 32.2. The van der Waals surface area contributed by atoms with Crippen molar-refractivity contribution in [2.75, 3.05) is 25.5 Å². The number of rotatable bonds is 5. The zero-order valence-electron chi connectivity index (χ0n) is 14.2. The fourth-order valence-electron chi connectivity index (χ4n) is 2.84. The molecule has 1 aromatic heterocycles. The maximum absolute atomic E-state index is 12.5. The van der Waals surface area contributed by atoms with E-state index in [4.69, 9.17) is 4.74 Å². The number of H-pyrrole nitrogens is 1. The summed E-state index contributed by atoms with van der Waals surface area (Å²) in [6, 6.07) is 6.81. The molecule has 0 atom stereocenters. The van der Waals surface area contributed by atoms with E-state index in [2.05, 4.69) is 10.3 Å². The lowest BCUT2D eigenvalue weighted by molar-refractivity contribution is 0.102. The van der Waals surface area contributed by atoms with E-state index >= 15 is 0 Å². The van der Waals surface area contributed by atoms with Crippen LogP contribution in [0, 0.1) is 6.92 Å². The van der Waals surface area contributed by atoms with Gasteiger partial charge in [-0.1, -0.05) is 6.07 Å². The van der Waals surface area contributed by atoms with Gasteiger partial charge in [-0.05, 0) is 43.5 Å². The van der Waals surface area contributed by atoms with Crippen LogP contribution in [0.1, 0.15) is 28.9 Å². The third kappa shape index (κ3) is 3.54. The largest absolute Gasteiger partial charge is 0.495 e. The number of amides is 1. The highest BCUT2D eigenvalue weighted by Crippen LogP contribution is 2.26. The number of carbonyl (C=O) groups is 1. The molecule has 0 aliphatic carbocycles. The first-order chi connectivity index (χ1) is 11.9. The molecule has 0 radical (unpaired) electrons. The fourth-order valence-corrected chi connectivity index (χ4v) is 4.35. The van der Waals surface area contributed by atoms with Crippen molar-refractivity contribution >= 4 is 21.6 Å². The minimum Gasteiger partial charge on any atom is -0.495 e. The summed E-state index contributed by atoms with van der Waals surface area (Å²) >= 11 is 0. The monoisotopic (exact) mass is 363 g/mol. The number of anilines is 1. The van der Waals surface area contributed by atoms with Crippen LogP contribution in [-0.4, -0.2) is 43.8 Å². The van der Waals surface area contributed by atoms with Gasteiger partial charge >= 0.3 is 0 Å². The van der Waals surface area contributed by atoms with E-state index < -0.39 is 15.9 Å². The minimum absolute atomic E-state index is 0.107. The fraction of sp³-hybridized carbons (Fsp3) is 0.353. The molecule has 1 aromatic carbocycles. The molecule has 2 aromatic rings. The first kappa shape index (κ1) is 17.5. The van der Waals surface area contributed by atoms with Gasteiger partial charge in [0, 0.05) is 19.3 Å². The summed E-state index contributed by atoms with van der Waals surface area (Å²) in [7, 11) is -2.02. The molecule has 8 heteroatoms. The summed E-state index contributed by atoms with van der Waals surface area (Å²) in [5.74, 6) is 0.113. The van der Waals surface area contributed by atoms with Gasteiger partial charge in [-0.15, -0.1) is 0 Å². The maximum Gasteiger partial charge on any atom is 0.272 e. The van der Waals surface area contributed by atoms with Crippen LogP contribution in [-0.2, 0) is 10.0 Å². The Bertz CT molecular complexity index is 883. The first-order valence-electron chi connectivity index (χ1n) is 8.06. The van der Waals surface area contributed by atoms with Crippen molar-refractivity contribution in [1.82, 2.24) is 9.29 Å². The van der Waals surface area contributed by atoms with Crippen LogP contribution >= 0.6 is 0 Å². The van der Waals surface area contributed by atoms with Crippen molar-refractivity contribution in [1.29, 1.82) is 0 Å². The quantitative estimate of drug-likeness (QED) is 0.853. The van der Waals surface area contributed by atoms with Crippen molar-refractivity contribution in [2.24, 2.45) is 0 Å². The number of aromatic amines is 1. The van der Waals surface area contributed by atoms with Crippen LogP contribution in [0.15, 0.2) is 35.4 Å². The van der Waals surface area contributed by atoms with E-state index in [9.17, 15) is 13.2 Å². The molecule has 25 heavy (non-hydrogen) atoms. The summed E-state index contributed by atoms with van der Waals surface area (Å²) < 4.78 is 31.7. The number of benzene rings is 1. The number of hydrogen-bond donors (Lipinski definition) is 2. The maximum atomic E-state index is 12.5. The van der Waals surface area contributed by atoms with Gasteiger partial charge in [-0.2, -0.15) is 4.31 Å². The predicted octanol–water partition coefficient (Wildman–Crippen LogP) is 2.37. The minimum atomic E-state index is -3.55. The van der Waals surface area contributed by atoms with Crippen molar-refractivity contribution < 1.29 is 17.9 Å². The summed E-state index contributed by atoms with van der Waals surface area (Å²) in [6.45, 7) is 2.95. The zero-order chi connectivity index (χ0) is 18.0. The van der Waals surface area contributed by atoms with Crippen LogP contribution in [0.25, 0.3) is 0 Å². The van der Waals surface area contributed by atoms with Gasteiger partial charge < -0.3 is 15.0 Å². The van der Waals surface area contributed by atoms with Gasteiger partial charge in [0.25, 0.3) is 5.91 Å². The van der Waals surface area contributed by atoms with E-state index in [0.717, 1.165) is 18.4 Å². The van der Waals surface area contributed by atoms with Crippen LogP contribution in [0.3, 0.4) is 0 Å². The smallest absolute Gasteiger partial charge is 0.272 e. The molecule has 0 bridgehead atoms. The summed E-state index contributed by atoms with van der Waals surface area (Å²) in [4.78, 5) is 15.3. The summed E-state index contributed by atoms with van der Waals surface area (Å²) in [6.07, 6.45) is 3.09. The Morgan fingerprint density at radius 2 is 1.96 bits per heavy atom. The van der Waals surface area contributed by atoms with Crippen LogP contribution in [0.5, 0.6) is 5.75 Å². The standard InChI is InChI=1S/C17H21N3O4S/c1-12-5-6-16(24-2)14(9-12)19-17(21)15-10-13(11-18-15)25(22,23)20-7-3-4-8-20/h5-6,9-11,18H,3-4,7-8H2,1-2H3,(H,19,21). The number of nitrogens with zero attached hydrogens (tertiary/aromatic N) is 1. The molecule has 134 valence electrons. The van der Waals surface area contributed by atoms with Crippen molar-refractivity contribution in [3.63, 3.8) is 0 Å². The number of nitrogens with one attached hydrogen (secondary N) is 2. The topological polar surface area (TPSA) is 91.5 Å². The number of methoxy groups -OCH3 is 1. The second-order valence-electron chi connectivity index (χ2n) is 6.02. The van der Waals surface area contributed by atoms with Crippen molar-refractivity contribution in [3.05, 3.63) is 41.7 Å². The molecule has 2 N–H and O–H groups in total. The number of aryl methyl sites for hydroxylation is 1. The molecule has 2 heterocycles.